The van der Waals surface area contributed by atoms with Gasteiger partial charge in [0.15, 0.2) is 0 Å². The Kier molecular flexibility index (Phi) is 4.45. The van der Waals surface area contributed by atoms with Crippen LogP contribution < -0.4 is 5.73 Å². The molecule has 0 spiro atoms. The third kappa shape index (κ3) is 3.47. The average molecular weight is 300 g/mol. The van der Waals surface area contributed by atoms with Gasteiger partial charge in [-0.2, -0.15) is 0 Å². The zero-order valence-electron chi connectivity index (χ0n) is 10.2. The lowest BCUT2D eigenvalue weighted by Crippen LogP contribution is -2.04. The first-order valence-corrected chi connectivity index (χ1v) is 6.85. The van der Waals surface area contributed by atoms with Gasteiger partial charge in [0.2, 0.25) is 0 Å². The summed E-state index contributed by atoms with van der Waals surface area (Å²) in [4.78, 5) is 1.04. The molecule has 0 aliphatic rings. The molecule has 0 radical (unpaired) electrons. The second-order valence-electron chi connectivity index (χ2n) is 4.16. The maximum absolute atomic E-state index is 13.6. The molecule has 5 heteroatoms. The van der Waals surface area contributed by atoms with E-state index < -0.39 is 11.6 Å². The van der Waals surface area contributed by atoms with E-state index in [1.165, 1.54) is 12.1 Å². The topological polar surface area (TPSA) is 26.0 Å². The summed E-state index contributed by atoms with van der Waals surface area (Å²) in [5, 5.41) is 0.503. The monoisotopic (exact) mass is 299 g/mol. The standard InChI is InChI=1S/C14H12ClF2NS/c1-8(18)9-2-4-13(11(15)6-9)19-14-5-3-10(16)7-12(14)17/h2-8H,18H2,1H3/t8-/m0/s1. The number of benzene rings is 2. The van der Waals surface area contributed by atoms with Crippen molar-refractivity contribution >= 4 is 23.4 Å². The normalized spacial score (nSPS) is 12.5. The molecule has 0 aliphatic carbocycles. The highest BCUT2D eigenvalue weighted by Gasteiger charge is 2.10. The Morgan fingerprint density at radius 1 is 1.11 bits per heavy atom. The minimum atomic E-state index is -0.600. The quantitative estimate of drug-likeness (QED) is 0.882. The summed E-state index contributed by atoms with van der Waals surface area (Å²) in [5.41, 5.74) is 6.67. The Labute approximate surface area is 119 Å². The van der Waals surface area contributed by atoms with Crippen molar-refractivity contribution in [3.8, 4) is 0 Å². The Balaban J connectivity index is 2.28. The fourth-order valence-electron chi connectivity index (χ4n) is 1.56. The van der Waals surface area contributed by atoms with Crippen molar-refractivity contribution in [2.75, 3.05) is 0 Å². The largest absolute Gasteiger partial charge is 0.324 e. The van der Waals surface area contributed by atoms with Crippen molar-refractivity contribution in [1.29, 1.82) is 0 Å². The molecule has 2 N–H and O–H groups in total. The van der Waals surface area contributed by atoms with Gasteiger partial charge in [-0.25, -0.2) is 8.78 Å². The average Bonchev–Trinajstić information content (AvgIpc) is 2.34. The molecule has 0 amide bonds. The molecule has 0 saturated carbocycles. The van der Waals surface area contributed by atoms with Gasteiger partial charge in [-0.3, -0.25) is 0 Å². The summed E-state index contributed by atoms with van der Waals surface area (Å²) < 4.78 is 26.4. The number of nitrogens with two attached hydrogens (primary N) is 1. The number of rotatable bonds is 3. The third-order valence-corrected chi connectivity index (χ3v) is 4.15. The number of halogens is 3. The van der Waals surface area contributed by atoms with Crippen LogP contribution in [0.2, 0.25) is 5.02 Å². The summed E-state index contributed by atoms with van der Waals surface area (Å²) in [6, 6.07) is 8.75. The van der Waals surface area contributed by atoms with Crippen molar-refractivity contribution in [2.24, 2.45) is 5.73 Å². The SMILES string of the molecule is C[C@H](N)c1ccc(Sc2ccc(F)cc2F)c(Cl)c1. The lowest BCUT2D eigenvalue weighted by molar-refractivity contribution is 0.565. The van der Waals surface area contributed by atoms with Crippen molar-refractivity contribution in [3.05, 3.63) is 58.6 Å². The fourth-order valence-corrected chi connectivity index (χ4v) is 2.69. The molecular formula is C14H12ClF2NS. The molecule has 1 atom stereocenters. The van der Waals surface area contributed by atoms with Crippen LogP contribution in [0.15, 0.2) is 46.2 Å². The highest BCUT2D eigenvalue weighted by atomic mass is 35.5. The fraction of sp³-hybridized carbons (Fsp3) is 0.143. The molecular weight excluding hydrogens is 288 g/mol. The van der Waals surface area contributed by atoms with Gasteiger partial charge in [0.05, 0.1) is 5.02 Å². The Hall–Kier alpha value is -1.10. The first-order valence-electron chi connectivity index (χ1n) is 5.65. The Morgan fingerprint density at radius 2 is 1.79 bits per heavy atom. The molecule has 0 heterocycles. The molecule has 2 rings (SSSR count). The van der Waals surface area contributed by atoms with E-state index in [0.29, 0.717) is 14.8 Å². The van der Waals surface area contributed by atoms with E-state index in [1.807, 2.05) is 13.0 Å². The van der Waals surface area contributed by atoms with Crippen LogP contribution in [0.5, 0.6) is 0 Å². The van der Waals surface area contributed by atoms with Gasteiger partial charge in [0, 0.05) is 21.9 Å². The van der Waals surface area contributed by atoms with Crippen molar-refractivity contribution < 1.29 is 8.78 Å². The molecule has 19 heavy (non-hydrogen) atoms. The van der Waals surface area contributed by atoms with Crippen LogP contribution in [0.4, 0.5) is 8.78 Å². The predicted octanol–water partition coefficient (Wildman–Crippen LogP) is 4.79. The Bertz CT molecular complexity index is 602. The van der Waals surface area contributed by atoms with Crippen LogP contribution in [0.1, 0.15) is 18.5 Å². The first-order chi connectivity index (χ1) is 8.97. The lowest BCUT2D eigenvalue weighted by atomic mass is 10.1. The number of hydrogen-bond donors (Lipinski definition) is 1. The van der Waals surface area contributed by atoms with E-state index in [1.54, 1.807) is 12.1 Å². The summed E-state index contributed by atoms with van der Waals surface area (Å²) in [5.74, 6) is -1.20. The maximum Gasteiger partial charge on any atom is 0.140 e. The molecule has 0 aliphatic heterocycles. The minimum absolute atomic E-state index is 0.112. The van der Waals surface area contributed by atoms with Crippen LogP contribution in [-0.2, 0) is 0 Å². The molecule has 0 saturated heterocycles. The van der Waals surface area contributed by atoms with Crippen molar-refractivity contribution in [3.63, 3.8) is 0 Å². The second kappa shape index (κ2) is 5.90. The third-order valence-electron chi connectivity index (χ3n) is 2.60. The van der Waals surface area contributed by atoms with E-state index in [0.717, 1.165) is 23.4 Å². The number of hydrogen-bond acceptors (Lipinski definition) is 2. The molecule has 0 fully saturated rings. The van der Waals surface area contributed by atoms with Crippen LogP contribution in [0.25, 0.3) is 0 Å². The zero-order chi connectivity index (χ0) is 14.0. The smallest absolute Gasteiger partial charge is 0.140 e. The molecule has 100 valence electrons. The highest BCUT2D eigenvalue weighted by molar-refractivity contribution is 7.99. The van der Waals surface area contributed by atoms with E-state index in [4.69, 9.17) is 17.3 Å². The summed E-state index contributed by atoms with van der Waals surface area (Å²) in [6.07, 6.45) is 0. The summed E-state index contributed by atoms with van der Waals surface area (Å²) in [6.45, 7) is 1.86. The lowest BCUT2D eigenvalue weighted by Gasteiger charge is -2.09. The van der Waals surface area contributed by atoms with Gasteiger partial charge in [-0.05, 0) is 36.8 Å². The van der Waals surface area contributed by atoms with E-state index in [9.17, 15) is 8.78 Å². The van der Waals surface area contributed by atoms with Gasteiger partial charge < -0.3 is 5.73 Å². The van der Waals surface area contributed by atoms with Crippen LogP contribution in [-0.4, -0.2) is 0 Å². The minimum Gasteiger partial charge on any atom is -0.324 e. The van der Waals surface area contributed by atoms with Crippen LogP contribution in [0.3, 0.4) is 0 Å². The Morgan fingerprint density at radius 3 is 2.37 bits per heavy atom. The van der Waals surface area contributed by atoms with Crippen molar-refractivity contribution in [1.82, 2.24) is 0 Å². The maximum atomic E-state index is 13.6. The first kappa shape index (κ1) is 14.3. The van der Waals surface area contributed by atoms with Gasteiger partial charge in [0.25, 0.3) is 0 Å². The molecule has 2 aromatic carbocycles. The van der Waals surface area contributed by atoms with Gasteiger partial charge in [-0.15, -0.1) is 0 Å². The van der Waals surface area contributed by atoms with Gasteiger partial charge in [-0.1, -0.05) is 29.4 Å². The molecule has 2 aromatic rings. The summed E-state index contributed by atoms with van der Waals surface area (Å²) >= 11 is 7.29. The molecule has 0 aromatic heterocycles. The van der Waals surface area contributed by atoms with E-state index >= 15 is 0 Å². The van der Waals surface area contributed by atoms with Crippen LogP contribution in [0, 0.1) is 11.6 Å². The zero-order valence-corrected chi connectivity index (χ0v) is 11.7. The predicted molar refractivity (Wildman–Crippen MR) is 74.5 cm³/mol. The summed E-state index contributed by atoms with van der Waals surface area (Å²) in [7, 11) is 0. The van der Waals surface area contributed by atoms with E-state index in [-0.39, 0.29) is 6.04 Å². The molecule has 0 bridgehead atoms. The second-order valence-corrected chi connectivity index (χ2v) is 5.65. The molecule has 0 unspecified atom stereocenters. The van der Waals surface area contributed by atoms with Gasteiger partial charge in [0.1, 0.15) is 11.6 Å². The van der Waals surface area contributed by atoms with Crippen molar-refractivity contribution in [2.45, 2.75) is 22.8 Å². The highest BCUT2D eigenvalue weighted by Crippen LogP contribution is 2.35. The molecule has 1 nitrogen and oxygen atoms in total. The van der Waals surface area contributed by atoms with Crippen LogP contribution >= 0.6 is 23.4 Å². The van der Waals surface area contributed by atoms with Gasteiger partial charge >= 0.3 is 0 Å². The van der Waals surface area contributed by atoms with E-state index in [2.05, 4.69) is 0 Å².